The lowest BCUT2D eigenvalue weighted by molar-refractivity contribution is -0.121. The number of nitrogen functional groups attached to an aromatic ring is 1. The van der Waals surface area contributed by atoms with Crippen molar-refractivity contribution in [3.8, 4) is 5.75 Å². The van der Waals surface area contributed by atoms with Crippen LogP contribution in [0.4, 0.5) is 23.0 Å². The molecule has 0 spiro atoms. The smallest absolute Gasteiger partial charge is 0.250 e. The Balaban J connectivity index is 1.54. The molecule has 4 aromatic rings. The Morgan fingerprint density at radius 2 is 1.53 bits per heavy atom. The highest BCUT2D eigenvalue weighted by molar-refractivity contribution is 5.89. The summed E-state index contributed by atoms with van der Waals surface area (Å²) in [5.41, 5.74) is 15.7. The van der Waals surface area contributed by atoms with E-state index in [9.17, 15) is 4.79 Å². The maximum absolute atomic E-state index is 13.2. The van der Waals surface area contributed by atoms with Crippen LogP contribution >= 0.6 is 0 Å². The number of aryl methyl sites for hydroxylation is 1. The first kappa shape index (κ1) is 22.6. The van der Waals surface area contributed by atoms with E-state index in [1.54, 1.807) is 7.11 Å². The lowest BCUT2D eigenvalue weighted by atomic mass is 9.91. The molecule has 0 fully saturated rings. The Labute approximate surface area is 198 Å². The average Bonchev–Trinajstić information content (AvgIpc) is 2.86. The quantitative estimate of drug-likeness (QED) is 0.292. The number of methoxy groups -OCH3 is 1. The summed E-state index contributed by atoms with van der Waals surface area (Å²) in [4.78, 5) is 21.7. The molecule has 0 bridgehead atoms. The highest BCUT2D eigenvalue weighted by atomic mass is 16.5. The van der Waals surface area contributed by atoms with Gasteiger partial charge in [0, 0.05) is 0 Å². The van der Waals surface area contributed by atoms with Gasteiger partial charge in [-0.15, -0.1) is 0 Å². The summed E-state index contributed by atoms with van der Waals surface area (Å²) >= 11 is 0. The molecule has 0 saturated heterocycles. The second-order valence-electron chi connectivity index (χ2n) is 7.68. The van der Waals surface area contributed by atoms with Gasteiger partial charge in [0.2, 0.25) is 5.91 Å². The van der Waals surface area contributed by atoms with E-state index in [4.69, 9.17) is 10.5 Å². The zero-order valence-corrected chi connectivity index (χ0v) is 18.9. The molecule has 8 nitrogen and oxygen atoms in total. The zero-order chi connectivity index (χ0) is 23.9. The largest absolute Gasteiger partial charge is 0.495 e. The van der Waals surface area contributed by atoms with Gasteiger partial charge in [0.05, 0.1) is 18.7 Å². The van der Waals surface area contributed by atoms with E-state index >= 15 is 0 Å². The van der Waals surface area contributed by atoms with Gasteiger partial charge in [-0.3, -0.25) is 15.6 Å². The van der Waals surface area contributed by atoms with E-state index in [1.165, 1.54) is 6.33 Å². The number of aromatic nitrogens is 2. The normalized spacial score (nSPS) is 10.6. The number of nitrogens with two attached hydrogens (primary N) is 1. The minimum absolute atomic E-state index is 0.245. The van der Waals surface area contributed by atoms with Crippen molar-refractivity contribution in [1.29, 1.82) is 0 Å². The molecule has 34 heavy (non-hydrogen) atoms. The van der Waals surface area contributed by atoms with Crippen molar-refractivity contribution in [3.63, 3.8) is 0 Å². The predicted molar refractivity (Wildman–Crippen MR) is 134 cm³/mol. The first-order chi connectivity index (χ1) is 16.6. The number of nitrogens with one attached hydrogen (secondary N) is 3. The summed E-state index contributed by atoms with van der Waals surface area (Å²) in [6.45, 7) is 1.98. The summed E-state index contributed by atoms with van der Waals surface area (Å²) < 4.78 is 5.41. The molecule has 0 atom stereocenters. The monoisotopic (exact) mass is 454 g/mol. The first-order valence-electron chi connectivity index (χ1n) is 10.7. The number of anilines is 4. The van der Waals surface area contributed by atoms with Crippen molar-refractivity contribution in [2.75, 3.05) is 23.6 Å². The Morgan fingerprint density at radius 3 is 2.15 bits per heavy atom. The van der Waals surface area contributed by atoms with Gasteiger partial charge in [-0.2, -0.15) is 0 Å². The number of amides is 1. The van der Waals surface area contributed by atoms with Crippen molar-refractivity contribution in [3.05, 3.63) is 102 Å². The Kier molecular flexibility index (Phi) is 6.88. The van der Waals surface area contributed by atoms with Crippen LogP contribution in [-0.2, 0) is 4.79 Å². The van der Waals surface area contributed by atoms with E-state index in [2.05, 4.69) is 26.1 Å². The Bertz CT molecular complexity index is 1230. The molecule has 1 heterocycles. The van der Waals surface area contributed by atoms with Crippen LogP contribution in [-0.4, -0.2) is 23.0 Å². The van der Waals surface area contributed by atoms with Crippen molar-refractivity contribution >= 4 is 28.9 Å². The second kappa shape index (κ2) is 10.4. The molecule has 0 unspecified atom stereocenters. The van der Waals surface area contributed by atoms with Crippen molar-refractivity contribution < 1.29 is 9.53 Å². The number of nitrogens with zero attached hydrogens (tertiary/aromatic N) is 2. The number of carbonyl (C=O) groups excluding carboxylic acids is 1. The third-order valence-electron chi connectivity index (χ3n) is 5.32. The average molecular weight is 455 g/mol. The van der Waals surface area contributed by atoms with Crippen LogP contribution in [0.1, 0.15) is 22.6 Å². The standard InChI is InChI=1S/C26H26N6O2/c1-17-13-14-21(34-2)20(15-17)30-24-23(27)25(29-16-28-24)31-32-26(33)22(18-9-5-3-6-10-18)19-11-7-4-8-12-19/h3-16,22H,27H2,1-2H3,(H,32,33)(H2,28,29,30,31). The van der Waals surface area contributed by atoms with Gasteiger partial charge in [0.15, 0.2) is 11.6 Å². The molecule has 4 rings (SSSR count). The maximum atomic E-state index is 13.2. The summed E-state index contributed by atoms with van der Waals surface area (Å²) in [6, 6.07) is 24.9. The van der Waals surface area contributed by atoms with E-state index < -0.39 is 5.92 Å². The third kappa shape index (κ3) is 5.07. The van der Waals surface area contributed by atoms with Gasteiger partial charge in [0.25, 0.3) is 0 Å². The van der Waals surface area contributed by atoms with Crippen molar-refractivity contribution in [2.24, 2.45) is 0 Å². The number of ether oxygens (including phenoxy) is 1. The van der Waals surface area contributed by atoms with Crippen LogP contribution in [0.2, 0.25) is 0 Å². The number of hydrogen-bond acceptors (Lipinski definition) is 7. The molecular formula is C26H26N6O2. The lowest BCUT2D eigenvalue weighted by Gasteiger charge is -2.19. The summed E-state index contributed by atoms with van der Waals surface area (Å²) in [5, 5.41) is 3.18. The van der Waals surface area contributed by atoms with E-state index in [1.807, 2.05) is 85.8 Å². The highest BCUT2D eigenvalue weighted by Crippen LogP contribution is 2.32. The van der Waals surface area contributed by atoms with Crippen LogP contribution in [0.25, 0.3) is 0 Å². The first-order valence-corrected chi connectivity index (χ1v) is 10.7. The van der Waals surface area contributed by atoms with Gasteiger partial charge < -0.3 is 15.8 Å². The van der Waals surface area contributed by atoms with Gasteiger partial charge in [-0.25, -0.2) is 9.97 Å². The lowest BCUT2D eigenvalue weighted by Crippen LogP contribution is -2.35. The number of benzene rings is 3. The SMILES string of the molecule is COc1ccc(C)cc1Nc1ncnc(NNC(=O)C(c2ccccc2)c2ccccc2)c1N. The van der Waals surface area contributed by atoms with E-state index in [0.29, 0.717) is 11.6 Å². The van der Waals surface area contributed by atoms with E-state index in [0.717, 1.165) is 22.4 Å². The molecule has 0 aliphatic heterocycles. The second-order valence-corrected chi connectivity index (χ2v) is 7.68. The fraction of sp³-hybridized carbons (Fsp3) is 0.115. The van der Waals surface area contributed by atoms with Crippen LogP contribution in [0.3, 0.4) is 0 Å². The fourth-order valence-corrected chi connectivity index (χ4v) is 3.62. The maximum Gasteiger partial charge on any atom is 0.250 e. The molecule has 3 aromatic carbocycles. The van der Waals surface area contributed by atoms with Crippen molar-refractivity contribution in [1.82, 2.24) is 15.4 Å². The van der Waals surface area contributed by atoms with Crippen LogP contribution in [0, 0.1) is 6.92 Å². The van der Waals surface area contributed by atoms with Crippen LogP contribution in [0.15, 0.2) is 85.2 Å². The molecular weight excluding hydrogens is 428 g/mol. The molecule has 0 aliphatic carbocycles. The third-order valence-corrected chi connectivity index (χ3v) is 5.32. The Hall–Kier alpha value is -4.59. The summed E-state index contributed by atoms with van der Waals surface area (Å²) in [7, 11) is 1.59. The molecule has 8 heteroatoms. The molecule has 172 valence electrons. The van der Waals surface area contributed by atoms with Crippen molar-refractivity contribution in [2.45, 2.75) is 12.8 Å². The van der Waals surface area contributed by atoms with Gasteiger partial charge in [-0.05, 0) is 35.7 Å². The molecule has 1 amide bonds. The molecule has 0 aliphatic rings. The number of hydrogen-bond donors (Lipinski definition) is 4. The number of hydrazine groups is 1. The highest BCUT2D eigenvalue weighted by Gasteiger charge is 2.23. The molecule has 1 aromatic heterocycles. The van der Waals surface area contributed by atoms with Gasteiger partial charge in [-0.1, -0.05) is 66.7 Å². The molecule has 5 N–H and O–H groups in total. The van der Waals surface area contributed by atoms with Crippen LogP contribution < -0.4 is 26.6 Å². The van der Waals surface area contributed by atoms with Gasteiger partial charge >= 0.3 is 0 Å². The Morgan fingerprint density at radius 1 is 0.912 bits per heavy atom. The minimum Gasteiger partial charge on any atom is -0.495 e. The summed E-state index contributed by atoms with van der Waals surface area (Å²) in [5.74, 6) is 0.563. The number of rotatable bonds is 8. The zero-order valence-electron chi connectivity index (χ0n) is 18.9. The molecule has 0 saturated carbocycles. The van der Waals surface area contributed by atoms with Crippen LogP contribution in [0.5, 0.6) is 5.75 Å². The number of carbonyl (C=O) groups is 1. The van der Waals surface area contributed by atoms with E-state index in [-0.39, 0.29) is 17.4 Å². The minimum atomic E-state index is -0.507. The van der Waals surface area contributed by atoms with Gasteiger partial charge in [0.1, 0.15) is 17.8 Å². The summed E-state index contributed by atoms with van der Waals surface area (Å²) in [6.07, 6.45) is 1.36. The topological polar surface area (TPSA) is 114 Å². The predicted octanol–water partition coefficient (Wildman–Crippen LogP) is 4.39. The fourth-order valence-electron chi connectivity index (χ4n) is 3.62. The molecule has 0 radical (unpaired) electrons.